The largest absolute Gasteiger partial charge is 0.333 e. The SMILES string of the molecule is CC1(C)c2ccccc2-c2cc3c(cc21)N(c1ccc(Br)cc1)C1C=CC(c2ccc4c(c2)c2cc5c(cc2n4-c2ccc(Br)cc2)C(C)(C)c2ccccc2-5)=CC31. The molecule has 0 saturated heterocycles. The van der Waals surface area contributed by atoms with Gasteiger partial charge in [-0.3, -0.25) is 0 Å². The molecule has 1 aliphatic heterocycles. The molecule has 0 fully saturated rings. The Morgan fingerprint density at radius 3 is 1.78 bits per heavy atom. The van der Waals surface area contributed by atoms with E-state index in [2.05, 4.69) is 227 Å². The molecule has 280 valence electrons. The maximum absolute atomic E-state index is 3.69. The van der Waals surface area contributed by atoms with Gasteiger partial charge in [0.2, 0.25) is 0 Å². The summed E-state index contributed by atoms with van der Waals surface area (Å²) in [5, 5.41) is 2.56. The van der Waals surface area contributed by atoms with Crippen molar-refractivity contribution >= 4 is 70.6 Å². The fraction of sp³-hybridized carbons (Fsp3) is 0.148. The normalized spacial score (nSPS) is 18.8. The minimum atomic E-state index is -0.0832. The van der Waals surface area contributed by atoms with E-state index in [1.165, 1.54) is 94.4 Å². The van der Waals surface area contributed by atoms with Crippen LogP contribution in [0, 0.1) is 0 Å². The van der Waals surface area contributed by atoms with Crippen molar-refractivity contribution in [2.75, 3.05) is 4.90 Å². The number of rotatable bonds is 3. The lowest BCUT2D eigenvalue weighted by molar-refractivity contribution is 0.660. The van der Waals surface area contributed by atoms with Gasteiger partial charge >= 0.3 is 0 Å². The third kappa shape index (κ3) is 4.70. The molecule has 2 atom stereocenters. The van der Waals surface area contributed by atoms with E-state index in [9.17, 15) is 0 Å². The molecule has 0 radical (unpaired) electrons. The highest BCUT2D eigenvalue weighted by atomic mass is 79.9. The third-order valence-electron chi connectivity index (χ3n) is 13.8. The number of benzene rings is 7. The molecule has 12 rings (SSSR count). The van der Waals surface area contributed by atoms with Crippen LogP contribution in [0.15, 0.2) is 167 Å². The number of fused-ring (bicyclic) bond motifs is 12. The summed E-state index contributed by atoms with van der Waals surface area (Å²) >= 11 is 7.37. The molecule has 0 N–H and O–H groups in total. The lowest BCUT2D eigenvalue weighted by atomic mass is 9.81. The number of hydrogen-bond donors (Lipinski definition) is 0. The van der Waals surface area contributed by atoms with Crippen molar-refractivity contribution in [1.82, 2.24) is 4.57 Å². The lowest BCUT2D eigenvalue weighted by Gasteiger charge is -2.30. The second kappa shape index (κ2) is 12.1. The quantitative estimate of drug-likeness (QED) is 0.172. The van der Waals surface area contributed by atoms with E-state index in [0.29, 0.717) is 0 Å². The average Bonchev–Trinajstić information content (AvgIpc) is 3.88. The Kier molecular flexibility index (Phi) is 7.20. The van der Waals surface area contributed by atoms with Crippen molar-refractivity contribution < 1.29 is 0 Å². The predicted octanol–water partition coefficient (Wildman–Crippen LogP) is 15.2. The van der Waals surface area contributed by atoms with Gasteiger partial charge in [0.15, 0.2) is 0 Å². The average molecular weight is 877 g/mol. The molecule has 2 heterocycles. The predicted molar refractivity (Wildman–Crippen MR) is 250 cm³/mol. The highest BCUT2D eigenvalue weighted by Crippen LogP contribution is 2.57. The first kappa shape index (κ1) is 34.6. The Morgan fingerprint density at radius 1 is 0.517 bits per heavy atom. The van der Waals surface area contributed by atoms with E-state index in [-0.39, 0.29) is 22.8 Å². The molecule has 0 saturated carbocycles. The van der Waals surface area contributed by atoms with Crippen molar-refractivity contribution in [2.24, 2.45) is 0 Å². The maximum atomic E-state index is 3.69. The summed E-state index contributed by atoms with van der Waals surface area (Å²) < 4.78 is 4.63. The minimum absolute atomic E-state index is 0.0697. The Hall–Kier alpha value is -5.42. The van der Waals surface area contributed by atoms with E-state index < -0.39 is 0 Å². The molecule has 58 heavy (non-hydrogen) atoms. The standard InChI is InChI=1S/C54H40Br2N2/c1-53(2)45-11-7-5-9-37(45)39-27-43-41-25-31(13-23-49(41)57(51(43)29-47(39)53)35-19-15-33(55)16-20-35)32-14-24-50-42(26-32)44-28-40-38-10-6-8-12-46(38)54(3,4)48(40)30-52(44)58(50)36-21-17-34(56)18-22-36/h5-30,41,49H,1-4H3. The fourth-order valence-electron chi connectivity index (χ4n) is 10.9. The van der Waals surface area contributed by atoms with Crippen LogP contribution in [0.25, 0.3) is 55.3 Å². The van der Waals surface area contributed by atoms with Crippen LogP contribution in [0.2, 0.25) is 0 Å². The van der Waals surface area contributed by atoms with Crippen molar-refractivity contribution in [1.29, 1.82) is 0 Å². The van der Waals surface area contributed by atoms with E-state index in [1.807, 2.05) is 0 Å². The van der Waals surface area contributed by atoms with Gasteiger partial charge in [0, 0.05) is 53.5 Å². The van der Waals surface area contributed by atoms with Gasteiger partial charge in [0.25, 0.3) is 0 Å². The Labute approximate surface area is 356 Å². The number of hydrogen-bond acceptors (Lipinski definition) is 1. The molecule has 3 aliphatic carbocycles. The minimum Gasteiger partial charge on any atom is -0.333 e. The number of halogens is 2. The van der Waals surface area contributed by atoms with Gasteiger partial charge in [-0.2, -0.15) is 0 Å². The summed E-state index contributed by atoms with van der Waals surface area (Å²) in [5.74, 6) is 0.196. The van der Waals surface area contributed by atoms with Gasteiger partial charge in [0.05, 0.1) is 17.1 Å². The first-order chi connectivity index (χ1) is 28.1. The van der Waals surface area contributed by atoms with Gasteiger partial charge in [-0.1, -0.05) is 132 Å². The van der Waals surface area contributed by atoms with Gasteiger partial charge in [-0.25, -0.2) is 0 Å². The van der Waals surface area contributed by atoms with Crippen molar-refractivity contribution in [3.63, 3.8) is 0 Å². The second-order valence-electron chi connectivity index (χ2n) is 17.6. The molecule has 0 amide bonds. The molecule has 8 aromatic rings. The van der Waals surface area contributed by atoms with E-state index in [1.54, 1.807) is 0 Å². The van der Waals surface area contributed by atoms with Crippen LogP contribution in [0.4, 0.5) is 11.4 Å². The monoisotopic (exact) mass is 874 g/mol. The molecule has 7 aromatic carbocycles. The van der Waals surface area contributed by atoms with Crippen LogP contribution >= 0.6 is 31.9 Å². The highest BCUT2D eigenvalue weighted by Gasteiger charge is 2.43. The molecule has 0 spiro atoms. The lowest BCUT2D eigenvalue weighted by Crippen LogP contribution is -2.29. The topological polar surface area (TPSA) is 8.17 Å². The fourth-order valence-corrected chi connectivity index (χ4v) is 11.5. The Bertz CT molecular complexity index is 3140. The summed E-state index contributed by atoms with van der Waals surface area (Å²) in [4.78, 5) is 2.57. The van der Waals surface area contributed by atoms with Crippen LogP contribution in [0.3, 0.4) is 0 Å². The summed E-state index contributed by atoms with van der Waals surface area (Å²) in [5.41, 5.74) is 21.0. The Balaban J connectivity index is 1.05. The third-order valence-corrected chi connectivity index (χ3v) is 14.9. The summed E-state index contributed by atoms with van der Waals surface area (Å²) in [6.45, 7) is 9.50. The number of anilines is 2. The van der Waals surface area contributed by atoms with Gasteiger partial charge in [-0.05, 0) is 146 Å². The number of allylic oxidation sites excluding steroid dienone is 2. The smallest absolute Gasteiger partial charge is 0.0630 e. The van der Waals surface area contributed by atoms with Gasteiger partial charge < -0.3 is 9.47 Å². The van der Waals surface area contributed by atoms with Crippen LogP contribution in [-0.4, -0.2) is 10.6 Å². The maximum Gasteiger partial charge on any atom is 0.0630 e. The van der Waals surface area contributed by atoms with Crippen LogP contribution in [0.5, 0.6) is 0 Å². The zero-order chi connectivity index (χ0) is 39.2. The van der Waals surface area contributed by atoms with Crippen molar-refractivity contribution in [3.05, 3.63) is 200 Å². The van der Waals surface area contributed by atoms with E-state index in [4.69, 9.17) is 0 Å². The van der Waals surface area contributed by atoms with E-state index >= 15 is 0 Å². The Morgan fingerprint density at radius 2 is 1.10 bits per heavy atom. The number of nitrogens with zero attached hydrogens (tertiary/aromatic N) is 2. The second-order valence-corrected chi connectivity index (χ2v) is 19.4. The summed E-state index contributed by atoms with van der Waals surface area (Å²) in [6.07, 6.45) is 7.37. The van der Waals surface area contributed by atoms with Crippen molar-refractivity contribution in [2.45, 2.75) is 50.5 Å². The molecule has 2 unspecified atom stereocenters. The number of aromatic nitrogens is 1. The van der Waals surface area contributed by atoms with Crippen molar-refractivity contribution in [3.8, 4) is 27.9 Å². The van der Waals surface area contributed by atoms with Crippen LogP contribution in [0.1, 0.15) is 67.0 Å². The molecule has 0 bridgehead atoms. The van der Waals surface area contributed by atoms with Gasteiger partial charge in [0.1, 0.15) is 0 Å². The van der Waals surface area contributed by atoms with Crippen LogP contribution in [-0.2, 0) is 10.8 Å². The first-order valence-corrected chi connectivity index (χ1v) is 21.9. The first-order valence-electron chi connectivity index (χ1n) is 20.3. The summed E-state index contributed by atoms with van der Waals surface area (Å²) in [6, 6.07) is 52.8. The molecule has 4 aliphatic rings. The molecule has 2 nitrogen and oxygen atoms in total. The zero-order valence-electron chi connectivity index (χ0n) is 32.8. The molecule has 1 aromatic heterocycles. The molecular formula is C54H40Br2N2. The zero-order valence-corrected chi connectivity index (χ0v) is 36.0. The highest BCUT2D eigenvalue weighted by molar-refractivity contribution is 9.10. The summed E-state index contributed by atoms with van der Waals surface area (Å²) in [7, 11) is 0. The van der Waals surface area contributed by atoms with Gasteiger partial charge in [-0.15, -0.1) is 0 Å². The van der Waals surface area contributed by atoms with Crippen LogP contribution < -0.4 is 4.90 Å². The molecule has 4 heteroatoms. The van der Waals surface area contributed by atoms with E-state index in [0.717, 1.165) is 14.6 Å². The molecular weight excluding hydrogens is 836 g/mol.